The quantitative estimate of drug-likeness (QED) is 0.612. The van der Waals surface area contributed by atoms with E-state index in [0.29, 0.717) is 5.69 Å². The highest BCUT2D eigenvalue weighted by atomic mass is 16.3. The van der Waals surface area contributed by atoms with Crippen molar-refractivity contribution >= 4 is 11.6 Å². The number of hydrogen-bond acceptors (Lipinski definition) is 3. The molecule has 0 atom stereocenters. The van der Waals surface area contributed by atoms with Gasteiger partial charge >= 0.3 is 0 Å². The second-order valence-electron chi connectivity index (χ2n) is 4.48. The van der Waals surface area contributed by atoms with Crippen molar-refractivity contribution in [2.24, 2.45) is 0 Å². The number of nitrogens with one attached hydrogen (secondary N) is 1. The molecule has 82 valence electrons. The normalized spacial score (nSPS) is 11.1. The average Bonchev–Trinajstić information content (AvgIpc) is 1.99. The Labute approximate surface area is 89.1 Å². The van der Waals surface area contributed by atoms with Crippen LogP contribution in [0.25, 0.3) is 0 Å². The van der Waals surface area contributed by atoms with Gasteiger partial charge in [0.1, 0.15) is 5.75 Å². The van der Waals surface area contributed by atoms with Crippen molar-refractivity contribution < 1.29 is 9.90 Å². The molecule has 0 spiro atoms. The Bertz CT molecular complexity index is 381. The highest BCUT2D eigenvalue weighted by Crippen LogP contribution is 2.20. The van der Waals surface area contributed by atoms with Crippen molar-refractivity contribution in [1.82, 2.24) is 5.32 Å². The molecule has 0 aliphatic carbocycles. The highest BCUT2D eigenvalue weighted by Gasteiger charge is 2.17. The standard InChI is InChI=1S/C11H16N2O2/c1-11(2,3)13-10(15)8-5-4-7(12)6-9(8)14/h4-6,14H,12H2,1-3H3,(H,13,15). The SMILES string of the molecule is CC(C)(C)NC(=O)c1ccc(N)cc1O. The number of aromatic hydroxyl groups is 1. The molecule has 0 saturated heterocycles. The van der Waals surface area contributed by atoms with Crippen LogP contribution in [0.5, 0.6) is 5.75 Å². The van der Waals surface area contributed by atoms with Crippen LogP contribution < -0.4 is 11.1 Å². The molecule has 1 amide bonds. The zero-order valence-electron chi connectivity index (χ0n) is 9.16. The van der Waals surface area contributed by atoms with Crippen molar-refractivity contribution in [3.8, 4) is 5.75 Å². The minimum atomic E-state index is -0.328. The third kappa shape index (κ3) is 3.16. The smallest absolute Gasteiger partial charge is 0.255 e. The van der Waals surface area contributed by atoms with Crippen LogP contribution in [0, 0.1) is 0 Å². The fourth-order valence-electron chi connectivity index (χ4n) is 1.15. The number of nitrogen functional groups attached to an aromatic ring is 1. The number of nitrogens with two attached hydrogens (primary N) is 1. The van der Waals surface area contributed by atoms with Crippen LogP contribution in [0.3, 0.4) is 0 Å². The third-order valence-corrected chi connectivity index (χ3v) is 1.75. The molecule has 1 aromatic rings. The highest BCUT2D eigenvalue weighted by molar-refractivity contribution is 5.97. The Kier molecular flexibility index (Phi) is 2.88. The second kappa shape index (κ2) is 3.81. The van der Waals surface area contributed by atoms with E-state index in [2.05, 4.69) is 5.32 Å². The molecule has 4 nitrogen and oxygen atoms in total. The van der Waals surface area contributed by atoms with Crippen LogP contribution in [0.2, 0.25) is 0 Å². The molecule has 0 aromatic heterocycles. The first-order chi connectivity index (χ1) is 6.79. The lowest BCUT2D eigenvalue weighted by atomic mass is 10.1. The van der Waals surface area contributed by atoms with E-state index >= 15 is 0 Å². The number of carbonyl (C=O) groups is 1. The lowest BCUT2D eigenvalue weighted by Gasteiger charge is -2.20. The first-order valence-corrected chi connectivity index (χ1v) is 4.70. The van der Waals surface area contributed by atoms with Crippen LogP contribution >= 0.6 is 0 Å². The zero-order valence-corrected chi connectivity index (χ0v) is 9.16. The number of carbonyl (C=O) groups excluding carboxylic acids is 1. The summed E-state index contributed by atoms with van der Waals surface area (Å²) in [6, 6.07) is 4.45. The molecule has 0 aliphatic heterocycles. The second-order valence-corrected chi connectivity index (χ2v) is 4.48. The zero-order chi connectivity index (χ0) is 11.6. The van der Waals surface area contributed by atoms with Crippen LogP contribution in [-0.4, -0.2) is 16.6 Å². The molecule has 0 saturated carbocycles. The first-order valence-electron chi connectivity index (χ1n) is 4.70. The van der Waals surface area contributed by atoms with Crippen molar-refractivity contribution in [2.75, 3.05) is 5.73 Å². The van der Waals surface area contributed by atoms with E-state index in [-0.39, 0.29) is 22.8 Å². The third-order valence-electron chi connectivity index (χ3n) is 1.75. The maximum Gasteiger partial charge on any atom is 0.255 e. The summed E-state index contributed by atoms with van der Waals surface area (Å²) in [4.78, 5) is 11.7. The molecule has 0 fully saturated rings. The predicted molar refractivity (Wildman–Crippen MR) is 59.7 cm³/mol. The molecule has 0 aliphatic rings. The van der Waals surface area contributed by atoms with Gasteiger partial charge in [0.2, 0.25) is 0 Å². The fraction of sp³-hybridized carbons (Fsp3) is 0.364. The van der Waals surface area contributed by atoms with Crippen LogP contribution in [0.4, 0.5) is 5.69 Å². The summed E-state index contributed by atoms with van der Waals surface area (Å²) in [7, 11) is 0. The van der Waals surface area contributed by atoms with Crippen molar-refractivity contribution in [3.05, 3.63) is 23.8 Å². The minimum Gasteiger partial charge on any atom is -0.507 e. The van der Waals surface area contributed by atoms with Crippen molar-refractivity contribution in [2.45, 2.75) is 26.3 Å². The first kappa shape index (κ1) is 11.4. The van der Waals surface area contributed by atoms with Gasteiger partial charge in [-0.15, -0.1) is 0 Å². The van der Waals surface area contributed by atoms with Crippen LogP contribution in [0.15, 0.2) is 18.2 Å². The summed E-state index contributed by atoms with van der Waals surface area (Å²) in [6.45, 7) is 5.62. The van der Waals surface area contributed by atoms with Crippen LogP contribution in [0.1, 0.15) is 31.1 Å². The van der Waals surface area contributed by atoms with Gasteiger partial charge in [-0.05, 0) is 32.9 Å². The van der Waals surface area contributed by atoms with E-state index in [1.807, 2.05) is 20.8 Å². The maximum atomic E-state index is 11.7. The van der Waals surface area contributed by atoms with Gasteiger partial charge in [-0.25, -0.2) is 0 Å². The molecule has 0 heterocycles. The lowest BCUT2D eigenvalue weighted by Crippen LogP contribution is -2.40. The van der Waals surface area contributed by atoms with Gasteiger partial charge in [0.05, 0.1) is 5.56 Å². The topological polar surface area (TPSA) is 75.4 Å². The minimum absolute atomic E-state index is 0.100. The summed E-state index contributed by atoms with van der Waals surface area (Å²) in [5.41, 5.74) is 5.80. The Hall–Kier alpha value is -1.71. The number of benzene rings is 1. The van der Waals surface area contributed by atoms with Gasteiger partial charge in [0, 0.05) is 17.3 Å². The van der Waals surface area contributed by atoms with Crippen molar-refractivity contribution in [3.63, 3.8) is 0 Å². The molecule has 4 heteroatoms. The van der Waals surface area contributed by atoms with E-state index in [4.69, 9.17) is 5.73 Å². The summed E-state index contributed by atoms with van der Waals surface area (Å²) >= 11 is 0. The van der Waals surface area contributed by atoms with E-state index in [1.165, 1.54) is 12.1 Å². The van der Waals surface area contributed by atoms with E-state index in [0.717, 1.165) is 0 Å². The Morgan fingerprint density at radius 1 is 1.40 bits per heavy atom. The monoisotopic (exact) mass is 208 g/mol. The van der Waals surface area contributed by atoms with Gasteiger partial charge in [-0.2, -0.15) is 0 Å². The molecule has 15 heavy (non-hydrogen) atoms. The summed E-state index contributed by atoms with van der Waals surface area (Å²) < 4.78 is 0. The lowest BCUT2D eigenvalue weighted by molar-refractivity contribution is 0.0917. The molecule has 0 bridgehead atoms. The molecule has 4 N–H and O–H groups in total. The fourth-order valence-corrected chi connectivity index (χ4v) is 1.15. The van der Waals surface area contributed by atoms with Gasteiger partial charge in [0.15, 0.2) is 0 Å². The van der Waals surface area contributed by atoms with E-state index < -0.39 is 0 Å². The molecule has 0 radical (unpaired) electrons. The number of anilines is 1. The van der Waals surface area contributed by atoms with E-state index in [9.17, 15) is 9.90 Å². The molecular weight excluding hydrogens is 192 g/mol. The molecule has 1 aromatic carbocycles. The van der Waals surface area contributed by atoms with Crippen LogP contribution in [-0.2, 0) is 0 Å². The predicted octanol–water partition coefficient (Wildman–Crippen LogP) is 1.50. The largest absolute Gasteiger partial charge is 0.507 e. The Morgan fingerprint density at radius 2 is 2.00 bits per heavy atom. The average molecular weight is 208 g/mol. The molecule has 0 unspecified atom stereocenters. The maximum absolute atomic E-state index is 11.7. The molecule has 1 rings (SSSR count). The molecular formula is C11H16N2O2. The van der Waals surface area contributed by atoms with E-state index in [1.54, 1.807) is 6.07 Å². The number of rotatable bonds is 1. The Balaban J connectivity index is 2.92. The summed E-state index contributed by atoms with van der Waals surface area (Å²) in [5, 5.41) is 12.3. The van der Waals surface area contributed by atoms with Gasteiger partial charge in [-0.3, -0.25) is 4.79 Å². The van der Waals surface area contributed by atoms with Gasteiger partial charge in [-0.1, -0.05) is 0 Å². The number of phenols is 1. The van der Waals surface area contributed by atoms with Crippen molar-refractivity contribution in [1.29, 1.82) is 0 Å². The Morgan fingerprint density at radius 3 is 2.47 bits per heavy atom. The summed E-state index contributed by atoms with van der Waals surface area (Å²) in [5.74, 6) is -0.406. The number of hydrogen-bond donors (Lipinski definition) is 3. The number of phenolic OH excluding ortho intramolecular Hbond substituents is 1. The van der Waals surface area contributed by atoms with Gasteiger partial charge < -0.3 is 16.2 Å². The number of amides is 1. The summed E-state index contributed by atoms with van der Waals surface area (Å²) in [6.07, 6.45) is 0. The van der Waals surface area contributed by atoms with Gasteiger partial charge in [0.25, 0.3) is 5.91 Å².